The number of piperidine rings is 2. The third-order valence-corrected chi connectivity index (χ3v) is 8.04. The fraction of sp³-hybridized carbons (Fsp3) is 0.950. The van der Waals surface area contributed by atoms with Crippen LogP contribution in [-0.4, -0.2) is 79.3 Å². The summed E-state index contributed by atoms with van der Waals surface area (Å²) in [5.74, 6) is 1.41. The maximum atomic E-state index is 13.6. The Morgan fingerprint density at radius 1 is 1.10 bits per heavy atom. The lowest BCUT2D eigenvalue weighted by Gasteiger charge is -2.41. The first-order valence-electron chi connectivity index (χ1n) is 11.4. The van der Waals surface area contributed by atoms with Gasteiger partial charge in [0.1, 0.15) is 12.5 Å². The number of hydrogen-bond acceptors (Lipinski definition) is 7. The Bertz CT molecular complexity index is 592. The lowest BCUT2D eigenvalue weighted by Crippen LogP contribution is -2.63. The number of nitrogens with one attached hydrogen (secondary N) is 5. The van der Waals surface area contributed by atoms with Crippen molar-refractivity contribution < 1.29 is 14.4 Å². The van der Waals surface area contributed by atoms with Gasteiger partial charge in [-0.1, -0.05) is 0 Å². The average Bonchev–Trinajstić information content (AvgIpc) is 3.20. The van der Waals surface area contributed by atoms with Gasteiger partial charge in [-0.05, 0) is 49.9 Å². The molecule has 0 spiro atoms. The molecule has 3 aliphatic heterocycles. The summed E-state index contributed by atoms with van der Waals surface area (Å²) >= 11 is 0. The van der Waals surface area contributed by atoms with Crippen LogP contribution in [-0.2, 0) is 4.79 Å². The van der Waals surface area contributed by atoms with E-state index in [1.807, 2.05) is 0 Å². The highest BCUT2D eigenvalue weighted by atomic mass is 19.1. The molecule has 0 aromatic rings. The molecule has 164 valence electrons. The molecule has 9 heteroatoms. The van der Waals surface area contributed by atoms with Gasteiger partial charge in [-0.25, -0.2) is 9.87 Å². The van der Waals surface area contributed by atoms with Crippen molar-refractivity contribution in [2.75, 3.05) is 32.7 Å². The van der Waals surface area contributed by atoms with Crippen LogP contribution < -0.4 is 26.7 Å². The van der Waals surface area contributed by atoms with E-state index in [4.69, 9.17) is 5.21 Å². The predicted molar refractivity (Wildman–Crippen MR) is 106 cm³/mol. The number of halogens is 1. The molecule has 29 heavy (non-hydrogen) atoms. The van der Waals surface area contributed by atoms with Crippen LogP contribution in [0.5, 0.6) is 0 Å². The molecule has 5 aliphatic rings. The normalized spacial score (nSPS) is 47.3. The Labute approximate surface area is 171 Å². The van der Waals surface area contributed by atoms with Gasteiger partial charge in [0.05, 0.1) is 5.92 Å². The second-order valence-electron chi connectivity index (χ2n) is 9.83. The largest absolute Gasteiger partial charge is 0.312 e. The molecule has 8 nitrogen and oxygen atoms in total. The number of likely N-dealkylation sites (tertiary alicyclic amines) is 1. The number of fused-ring (bicyclic) bond motifs is 2. The first-order valence-corrected chi connectivity index (χ1v) is 11.4. The first-order chi connectivity index (χ1) is 14.1. The zero-order valence-corrected chi connectivity index (χ0v) is 16.9. The number of amides is 1. The number of alkyl halides is 1. The fourth-order valence-electron chi connectivity index (χ4n) is 6.25. The molecule has 0 radical (unpaired) electrons. The van der Waals surface area contributed by atoms with Crippen LogP contribution in [0.2, 0.25) is 0 Å². The monoisotopic (exact) mass is 410 g/mol. The molecule has 5 rings (SSSR count). The fourth-order valence-corrected chi connectivity index (χ4v) is 6.25. The molecule has 0 bridgehead atoms. The van der Waals surface area contributed by atoms with Crippen molar-refractivity contribution in [1.29, 1.82) is 0 Å². The SMILES string of the molecule is O=C(NO)C1CNC(N2C[C@@H]3C(NCC4CCC5CC(F)CCC5N4)[C@@H]3C2)NC1. The van der Waals surface area contributed by atoms with Crippen LogP contribution in [0, 0.1) is 23.7 Å². The topological polar surface area (TPSA) is 101 Å². The minimum absolute atomic E-state index is 0.119. The van der Waals surface area contributed by atoms with Crippen molar-refractivity contribution in [2.45, 2.75) is 62.7 Å². The summed E-state index contributed by atoms with van der Waals surface area (Å²) in [4.78, 5) is 13.9. The summed E-state index contributed by atoms with van der Waals surface area (Å²) in [6, 6.07) is 1.68. The van der Waals surface area contributed by atoms with E-state index in [9.17, 15) is 9.18 Å². The highest BCUT2D eigenvalue weighted by Crippen LogP contribution is 2.46. The van der Waals surface area contributed by atoms with Gasteiger partial charge in [-0.2, -0.15) is 0 Å². The Morgan fingerprint density at radius 2 is 1.86 bits per heavy atom. The minimum atomic E-state index is -0.577. The van der Waals surface area contributed by atoms with Gasteiger partial charge in [0.2, 0.25) is 5.91 Å². The molecule has 6 N–H and O–H groups in total. The summed E-state index contributed by atoms with van der Waals surface area (Å²) in [6.07, 6.45) is 4.35. The maximum Gasteiger partial charge on any atom is 0.249 e. The lowest BCUT2D eigenvalue weighted by atomic mass is 9.77. The zero-order valence-electron chi connectivity index (χ0n) is 16.9. The molecule has 0 aromatic carbocycles. The number of nitrogens with zero attached hydrogens (tertiary/aromatic N) is 1. The standard InChI is InChI=1S/C20H35FN6O2/c21-13-2-4-17-11(5-13)1-3-14(25-17)8-22-18-15-9-27(10-16(15)18)20-23-6-12(7-24-20)19(28)26-29/h11-18,20,22-25,29H,1-10H2,(H,26,28)/t11?,12?,13?,14?,15-,16+,17?,18?,20?. The van der Waals surface area contributed by atoms with Crippen LogP contribution in [0.1, 0.15) is 32.1 Å². The van der Waals surface area contributed by atoms with E-state index in [0.29, 0.717) is 37.1 Å². The van der Waals surface area contributed by atoms with E-state index >= 15 is 0 Å². The van der Waals surface area contributed by atoms with E-state index in [1.54, 1.807) is 5.48 Å². The van der Waals surface area contributed by atoms with Gasteiger partial charge in [0.15, 0.2) is 0 Å². The Morgan fingerprint density at radius 3 is 2.59 bits per heavy atom. The van der Waals surface area contributed by atoms with Gasteiger partial charge >= 0.3 is 0 Å². The molecule has 5 unspecified atom stereocenters. The summed E-state index contributed by atoms with van der Waals surface area (Å²) in [7, 11) is 0. The van der Waals surface area contributed by atoms with Crippen LogP contribution in [0.25, 0.3) is 0 Å². The van der Waals surface area contributed by atoms with E-state index < -0.39 is 6.17 Å². The van der Waals surface area contributed by atoms with Crippen LogP contribution in [0.4, 0.5) is 4.39 Å². The Hall–Kier alpha value is -0.840. The third-order valence-electron chi connectivity index (χ3n) is 8.04. The maximum absolute atomic E-state index is 13.6. The van der Waals surface area contributed by atoms with Gasteiger partial charge in [0, 0.05) is 50.8 Å². The van der Waals surface area contributed by atoms with Crippen molar-refractivity contribution >= 4 is 5.91 Å². The van der Waals surface area contributed by atoms with Gasteiger partial charge < -0.3 is 10.6 Å². The first kappa shape index (κ1) is 20.1. The average molecular weight is 411 g/mol. The van der Waals surface area contributed by atoms with E-state index in [2.05, 4.69) is 26.2 Å². The van der Waals surface area contributed by atoms with Gasteiger partial charge in [0.25, 0.3) is 0 Å². The number of carbonyl (C=O) groups excluding carboxylic acids is 1. The van der Waals surface area contributed by atoms with Crippen molar-refractivity contribution in [3.63, 3.8) is 0 Å². The Balaban J connectivity index is 1.01. The van der Waals surface area contributed by atoms with Crippen LogP contribution >= 0.6 is 0 Å². The van der Waals surface area contributed by atoms with Crippen LogP contribution in [0.15, 0.2) is 0 Å². The van der Waals surface area contributed by atoms with Crippen molar-refractivity contribution in [2.24, 2.45) is 23.7 Å². The Kier molecular flexibility index (Phi) is 5.79. The quantitative estimate of drug-likeness (QED) is 0.265. The third kappa shape index (κ3) is 4.18. The molecular formula is C20H35FN6O2. The lowest BCUT2D eigenvalue weighted by molar-refractivity contribution is -0.134. The summed E-state index contributed by atoms with van der Waals surface area (Å²) < 4.78 is 13.6. The summed E-state index contributed by atoms with van der Waals surface area (Å²) in [6.45, 7) is 4.33. The zero-order chi connectivity index (χ0) is 20.0. The molecule has 2 aliphatic carbocycles. The molecule has 2 saturated carbocycles. The van der Waals surface area contributed by atoms with Gasteiger partial charge in [-0.15, -0.1) is 0 Å². The number of hydrogen-bond donors (Lipinski definition) is 6. The molecule has 3 saturated heterocycles. The molecule has 5 fully saturated rings. The summed E-state index contributed by atoms with van der Waals surface area (Å²) in [5.41, 5.74) is 1.73. The molecule has 7 atom stereocenters. The minimum Gasteiger partial charge on any atom is -0.312 e. The highest BCUT2D eigenvalue weighted by molar-refractivity contribution is 5.78. The molecule has 0 aromatic heterocycles. The number of carbonyl (C=O) groups is 1. The predicted octanol–water partition coefficient (Wildman–Crippen LogP) is -0.637. The molecule has 1 amide bonds. The van der Waals surface area contributed by atoms with E-state index in [0.717, 1.165) is 57.2 Å². The van der Waals surface area contributed by atoms with Crippen molar-refractivity contribution in [3.8, 4) is 0 Å². The number of rotatable bonds is 5. The molecular weight excluding hydrogens is 375 g/mol. The second-order valence-corrected chi connectivity index (χ2v) is 9.83. The number of hydroxylamine groups is 1. The van der Waals surface area contributed by atoms with Crippen LogP contribution in [0.3, 0.4) is 0 Å². The highest BCUT2D eigenvalue weighted by Gasteiger charge is 2.56. The second kappa shape index (κ2) is 8.36. The van der Waals surface area contributed by atoms with E-state index in [-0.39, 0.29) is 18.1 Å². The molecule has 3 heterocycles. The smallest absolute Gasteiger partial charge is 0.249 e. The van der Waals surface area contributed by atoms with Gasteiger partial charge in [-0.3, -0.25) is 25.5 Å². The van der Waals surface area contributed by atoms with Crippen molar-refractivity contribution in [1.82, 2.24) is 31.6 Å². The van der Waals surface area contributed by atoms with E-state index in [1.165, 1.54) is 6.42 Å². The van der Waals surface area contributed by atoms with Crippen molar-refractivity contribution in [3.05, 3.63) is 0 Å². The summed E-state index contributed by atoms with van der Waals surface area (Å²) in [5, 5.41) is 23.1.